The fourth-order valence-corrected chi connectivity index (χ4v) is 4.77. The first-order valence-electron chi connectivity index (χ1n) is 9.46. The van der Waals surface area contributed by atoms with E-state index in [2.05, 4.69) is 72.2 Å². The average Bonchev–Trinajstić information content (AvgIpc) is 2.73. The Morgan fingerprint density at radius 2 is 1.67 bits per heavy atom. The normalized spacial score (nSPS) is 33.3. The fourth-order valence-electron chi connectivity index (χ4n) is 4.77. The van der Waals surface area contributed by atoms with Crippen LogP contribution in [0.25, 0.3) is 0 Å². The van der Waals surface area contributed by atoms with Crippen LogP contribution >= 0.6 is 0 Å². The molecule has 0 bridgehead atoms. The van der Waals surface area contributed by atoms with E-state index in [0.29, 0.717) is 16.5 Å². The molecular formula is C18H33B2N3O. The van der Waals surface area contributed by atoms with E-state index in [1.807, 2.05) is 0 Å². The largest absolute Gasteiger partial charge is 0.376 e. The lowest BCUT2D eigenvalue weighted by atomic mass is 9.62. The second-order valence-corrected chi connectivity index (χ2v) is 10.4. The summed E-state index contributed by atoms with van der Waals surface area (Å²) >= 11 is 0. The standard InChI is InChI=1S/C18H33B2N3O/c1-15(2,3)23-13-8-10-18(20)14(11-24-16(4,5)6)17(18,19)9-7-12(13)21-22-23/h14H,7-11,19-20H2,1-6H3/t14-,17?,18?/m0/s1. The molecule has 0 aromatic carbocycles. The second kappa shape index (κ2) is 5.36. The lowest BCUT2D eigenvalue weighted by Crippen LogP contribution is -2.26. The molecule has 1 saturated carbocycles. The number of aromatic nitrogens is 3. The van der Waals surface area contributed by atoms with Crippen LogP contribution in [0.2, 0.25) is 10.6 Å². The van der Waals surface area contributed by atoms with Gasteiger partial charge >= 0.3 is 0 Å². The highest BCUT2D eigenvalue weighted by Gasteiger charge is 2.68. The van der Waals surface area contributed by atoms with Crippen LogP contribution < -0.4 is 0 Å². The van der Waals surface area contributed by atoms with Crippen LogP contribution in [0.1, 0.15) is 65.8 Å². The Kier molecular flexibility index (Phi) is 4.03. The van der Waals surface area contributed by atoms with Crippen molar-refractivity contribution >= 4 is 15.7 Å². The predicted molar refractivity (Wildman–Crippen MR) is 103 cm³/mol. The molecule has 2 aliphatic carbocycles. The zero-order chi connectivity index (χ0) is 18.0. The van der Waals surface area contributed by atoms with Crippen LogP contribution in [0.3, 0.4) is 0 Å². The van der Waals surface area contributed by atoms with Gasteiger partial charge in [0, 0.05) is 6.61 Å². The van der Waals surface area contributed by atoms with Crippen LogP contribution in [-0.2, 0) is 23.1 Å². The first-order chi connectivity index (χ1) is 10.9. The lowest BCUT2D eigenvalue weighted by molar-refractivity contribution is -0.0115. The molecule has 1 heterocycles. The highest BCUT2D eigenvalue weighted by molar-refractivity contribution is 6.32. The maximum Gasteiger partial charge on any atom is 0.109 e. The molecule has 0 saturated heterocycles. The third kappa shape index (κ3) is 2.85. The van der Waals surface area contributed by atoms with Gasteiger partial charge in [-0.15, -0.1) is 5.10 Å². The molecule has 0 amide bonds. The van der Waals surface area contributed by atoms with Gasteiger partial charge in [-0.3, -0.25) is 0 Å². The molecule has 24 heavy (non-hydrogen) atoms. The zero-order valence-corrected chi connectivity index (χ0v) is 16.9. The summed E-state index contributed by atoms with van der Waals surface area (Å²) in [5.41, 5.74) is 2.52. The molecule has 1 fully saturated rings. The molecule has 2 aliphatic rings. The number of hydrogen-bond acceptors (Lipinski definition) is 3. The zero-order valence-electron chi connectivity index (χ0n) is 16.9. The fraction of sp³-hybridized carbons (Fsp3) is 0.889. The highest BCUT2D eigenvalue weighted by Crippen LogP contribution is 2.81. The van der Waals surface area contributed by atoms with E-state index >= 15 is 0 Å². The molecular weight excluding hydrogens is 296 g/mol. The predicted octanol–water partition coefficient (Wildman–Crippen LogP) is 1.94. The van der Waals surface area contributed by atoms with Gasteiger partial charge in [0.25, 0.3) is 0 Å². The smallest absolute Gasteiger partial charge is 0.109 e. The van der Waals surface area contributed by atoms with Crippen LogP contribution in [0, 0.1) is 5.92 Å². The van der Waals surface area contributed by atoms with Crippen molar-refractivity contribution in [1.29, 1.82) is 0 Å². The Hall–Kier alpha value is -0.770. The molecule has 1 aromatic heterocycles. The van der Waals surface area contributed by atoms with Crippen molar-refractivity contribution < 1.29 is 4.74 Å². The quantitative estimate of drug-likeness (QED) is 0.779. The SMILES string of the molecule is BC12CCc3nnn(C(C)(C)C)c3CCC1(B)[C@H]2COC(C)(C)C. The maximum atomic E-state index is 6.16. The third-order valence-electron chi connectivity index (χ3n) is 6.68. The number of ether oxygens (including phenoxy) is 1. The van der Waals surface area contributed by atoms with Crippen molar-refractivity contribution in [3.05, 3.63) is 11.4 Å². The van der Waals surface area contributed by atoms with Crippen LogP contribution in [0.15, 0.2) is 0 Å². The molecule has 0 radical (unpaired) electrons. The summed E-state index contributed by atoms with van der Waals surface area (Å²) < 4.78 is 8.31. The van der Waals surface area contributed by atoms with Crippen molar-refractivity contribution in [3.8, 4) is 0 Å². The molecule has 132 valence electrons. The number of nitrogens with zero attached hydrogens (tertiary/aromatic N) is 3. The molecule has 2 unspecified atom stereocenters. The maximum absolute atomic E-state index is 6.16. The number of aryl methyl sites for hydroxylation is 1. The third-order valence-corrected chi connectivity index (χ3v) is 6.68. The molecule has 0 spiro atoms. The summed E-state index contributed by atoms with van der Waals surface area (Å²) in [6.45, 7) is 14.0. The number of rotatable bonds is 2. The minimum atomic E-state index is -0.0537. The van der Waals surface area contributed by atoms with Gasteiger partial charge in [0.15, 0.2) is 0 Å². The van der Waals surface area contributed by atoms with Crippen LogP contribution in [0.4, 0.5) is 0 Å². The van der Waals surface area contributed by atoms with Gasteiger partial charge in [0.1, 0.15) is 15.7 Å². The minimum absolute atomic E-state index is 0.00227. The van der Waals surface area contributed by atoms with Crippen molar-refractivity contribution in [2.24, 2.45) is 5.92 Å². The number of hydrogen-bond donors (Lipinski definition) is 0. The van der Waals surface area contributed by atoms with E-state index < -0.39 is 0 Å². The van der Waals surface area contributed by atoms with Crippen LogP contribution in [0.5, 0.6) is 0 Å². The van der Waals surface area contributed by atoms with Gasteiger partial charge in [-0.1, -0.05) is 15.8 Å². The first-order valence-corrected chi connectivity index (χ1v) is 9.46. The van der Waals surface area contributed by atoms with Gasteiger partial charge in [0.05, 0.1) is 22.5 Å². The average molecular weight is 329 g/mol. The molecule has 0 N–H and O–H groups in total. The first kappa shape index (κ1) is 18.0. The van der Waals surface area contributed by atoms with Crippen LogP contribution in [-0.4, -0.2) is 42.9 Å². The Morgan fingerprint density at radius 1 is 1.08 bits per heavy atom. The highest BCUT2D eigenvalue weighted by atomic mass is 16.5. The Morgan fingerprint density at radius 3 is 2.21 bits per heavy atom. The van der Waals surface area contributed by atoms with Crippen molar-refractivity contribution in [2.45, 2.75) is 89.0 Å². The monoisotopic (exact) mass is 329 g/mol. The van der Waals surface area contributed by atoms with Crippen molar-refractivity contribution in [1.82, 2.24) is 15.0 Å². The topological polar surface area (TPSA) is 39.9 Å². The summed E-state index contributed by atoms with van der Waals surface area (Å²) in [6.07, 6.45) is 4.52. The van der Waals surface area contributed by atoms with Gasteiger partial charge in [-0.25, -0.2) is 4.68 Å². The molecule has 3 rings (SSSR count). The summed E-state index contributed by atoms with van der Waals surface area (Å²) in [7, 11) is 4.93. The van der Waals surface area contributed by atoms with Gasteiger partial charge < -0.3 is 4.74 Å². The summed E-state index contributed by atoms with van der Waals surface area (Å²) in [5.74, 6) is 0.657. The van der Waals surface area contributed by atoms with Crippen molar-refractivity contribution in [3.63, 3.8) is 0 Å². The van der Waals surface area contributed by atoms with E-state index in [-0.39, 0.29) is 11.1 Å². The van der Waals surface area contributed by atoms with Gasteiger partial charge in [-0.05, 0) is 73.1 Å². The summed E-state index contributed by atoms with van der Waals surface area (Å²) in [5, 5.41) is 9.75. The number of fused-ring (bicyclic) bond motifs is 2. The summed E-state index contributed by atoms with van der Waals surface area (Å²) in [4.78, 5) is 0. The van der Waals surface area contributed by atoms with Gasteiger partial charge in [0.2, 0.25) is 0 Å². The molecule has 4 nitrogen and oxygen atoms in total. The Balaban J connectivity index is 1.80. The van der Waals surface area contributed by atoms with E-state index in [4.69, 9.17) is 4.74 Å². The van der Waals surface area contributed by atoms with Gasteiger partial charge in [-0.2, -0.15) is 0 Å². The van der Waals surface area contributed by atoms with Crippen molar-refractivity contribution in [2.75, 3.05) is 6.61 Å². The molecule has 0 aliphatic heterocycles. The van der Waals surface area contributed by atoms with E-state index in [0.717, 1.165) is 19.4 Å². The minimum Gasteiger partial charge on any atom is -0.376 e. The van der Waals surface area contributed by atoms with E-state index in [1.54, 1.807) is 0 Å². The van der Waals surface area contributed by atoms with E-state index in [9.17, 15) is 0 Å². The lowest BCUT2D eigenvalue weighted by Gasteiger charge is -2.25. The molecule has 1 aromatic rings. The second-order valence-electron chi connectivity index (χ2n) is 10.4. The Bertz CT molecular complexity index is 631. The summed E-state index contributed by atoms with van der Waals surface area (Å²) in [6, 6.07) is 0. The molecule has 6 heteroatoms. The molecule has 3 atom stereocenters. The Labute approximate surface area is 148 Å². The van der Waals surface area contributed by atoms with E-state index in [1.165, 1.54) is 24.2 Å².